The molecule has 1 aliphatic carbocycles. The summed E-state index contributed by atoms with van der Waals surface area (Å²) in [5.74, 6) is 0.596. The van der Waals surface area contributed by atoms with Crippen LogP contribution >= 0.6 is 0 Å². The van der Waals surface area contributed by atoms with Gasteiger partial charge in [0.2, 0.25) is 10.0 Å². The van der Waals surface area contributed by atoms with Crippen LogP contribution in [0.5, 0.6) is 0 Å². The normalized spacial score (nSPS) is 21.0. The quantitative estimate of drug-likeness (QED) is 0.857. The van der Waals surface area contributed by atoms with Gasteiger partial charge in [-0.3, -0.25) is 9.48 Å². The van der Waals surface area contributed by atoms with Crippen molar-refractivity contribution in [3.05, 3.63) is 17.5 Å². The third-order valence-corrected chi connectivity index (χ3v) is 5.81. The van der Waals surface area contributed by atoms with Crippen LogP contribution in [0.3, 0.4) is 0 Å². The molecular weight excluding hydrogens is 328 g/mol. The van der Waals surface area contributed by atoms with Crippen LogP contribution in [-0.2, 0) is 17.1 Å². The molecule has 3 rings (SSSR count). The maximum atomic E-state index is 12.7. The average Bonchev–Trinajstić information content (AvgIpc) is 3.19. The minimum Gasteiger partial charge on any atom is -0.337 e. The molecule has 1 amide bonds. The van der Waals surface area contributed by atoms with Gasteiger partial charge in [0.15, 0.2) is 0 Å². The summed E-state index contributed by atoms with van der Waals surface area (Å²) in [5.41, 5.74) is 1.01. The van der Waals surface area contributed by atoms with Crippen molar-refractivity contribution in [3.63, 3.8) is 0 Å². The Morgan fingerprint density at radius 3 is 2.46 bits per heavy atom. The van der Waals surface area contributed by atoms with Crippen LogP contribution in [0.1, 0.15) is 48.3 Å². The lowest BCUT2D eigenvalue weighted by molar-refractivity contribution is 0.0638. The number of aryl methyl sites for hydroxylation is 2. The van der Waals surface area contributed by atoms with Crippen molar-refractivity contribution in [1.29, 1.82) is 0 Å². The molecule has 1 aromatic rings. The summed E-state index contributed by atoms with van der Waals surface area (Å²) in [4.78, 5) is 14.5. The van der Waals surface area contributed by atoms with Gasteiger partial charge in [-0.05, 0) is 38.2 Å². The van der Waals surface area contributed by atoms with Crippen molar-refractivity contribution in [1.82, 2.24) is 19.4 Å². The molecular formula is C16H26N4O3S. The number of rotatable bonds is 5. The van der Waals surface area contributed by atoms with E-state index in [1.165, 1.54) is 19.1 Å². The second kappa shape index (κ2) is 6.15. The van der Waals surface area contributed by atoms with Crippen LogP contribution in [0.15, 0.2) is 6.07 Å². The number of nitrogens with one attached hydrogen (secondary N) is 1. The van der Waals surface area contributed by atoms with Crippen molar-refractivity contribution >= 4 is 15.9 Å². The first-order valence-corrected chi connectivity index (χ1v) is 10.4. The second-order valence-electron chi connectivity index (χ2n) is 7.39. The predicted molar refractivity (Wildman–Crippen MR) is 91.1 cm³/mol. The molecule has 7 nitrogen and oxygen atoms in total. The van der Waals surface area contributed by atoms with Crippen molar-refractivity contribution in [2.75, 3.05) is 19.3 Å². The van der Waals surface area contributed by atoms with E-state index < -0.39 is 15.6 Å². The molecule has 0 unspecified atom stereocenters. The third kappa shape index (κ3) is 3.97. The molecule has 1 saturated carbocycles. The first-order chi connectivity index (χ1) is 11.2. The van der Waals surface area contributed by atoms with E-state index in [9.17, 15) is 13.2 Å². The zero-order valence-corrected chi connectivity index (χ0v) is 15.4. The lowest BCUT2D eigenvalue weighted by Gasteiger charge is -2.42. The zero-order valence-electron chi connectivity index (χ0n) is 14.6. The Kier molecular flexibility index (Phi) is 4.46. The van der Waals surface area contributed by atoms with E-state index in [2.05, 4.69) is 9.82 Å². The summed E-state index contributed by atoms with van der Waals surface area (Å²) >= 11 is 0. The minimum atomic E-state index is -3.26. The topological polar surface area (TPSA) is 84.3 Å². The van der Waals surface area contributed by atoms with Gasteiger partial charge in [0, 0.05) is 25.7 Å². The lowest BCUT2D eigenvalue weighted by Crippen LogP contribution is -2.56. The zero-order chi connectivity index (χ0) is 17.5. The molecule has 2 heterocycles. The van der Waals surface area contributed by atoms with E-state index >= 15 is 0 Å². The summed E-state index contributed by atoms with van der Waals surface area (Å²) in [6.07, 6.45) is 5.80. The standard InChI is InChI=1S/C16H26N4O3S/c1-12-10-14(19(2)17-12)15(21)20-8-6-16(7-9-20,11-13-4-5-13)18-24(3,22)23/h10,13,18H,4-9,11H2,1-3H3. The fourth-order valence-corrected chi connectivity index (χ4v) is 4.80. The van der Waals surface area contributed by atoms with E-state index in [0.717, 1.165) is 12.1 Å². The number of piperidine rings is 1. The molecule has 0 radical (unpaired) electrons. The number of hydrogen-bond donors (Lipinski definition) is 1. The lowest BCUT2D eigenvalue weighted by atomic mass is 9.83. The molecule has 0 aromatic carbocycles. The Balaban J connectivity index is 1.70. The Labute approximate surface area is 143 Å². The summed E-state index contributed by atoms with van der Waals surface area (Å²) in [6, 6.07) is 1.79. The Hall–Kier alpha value is -1.41. The molecule has 0 bridgehead atoms. The molecule has 0 spiro atoms. The fourth-order valence-electron chi connectivity index (χ4n) is 3.73. The van der Waals surface area contributed by atoms with E-state index in [4.69, 9.17) is 0 Å². The van der Waals surface area contributed by atoms with Crippen molar-refractivity contribution in [2.24, 2.45) is 13.0 Å². The highest BCUT2D eigenvalue weighted by molar-refractivity contribution is 7.88. The van der Waals surface area contributed by atoms with Gasteiger partial charge in [-0.2, -0.15) is 5.10 Å². The molecule has 24 heavy (non-hydrogen) atoms. The molecule has 8 heteroatoms. The van der Waals surface area contributed by atoms with Gasteiger partial charge in [0.25, 0.3) is 5.91 Å². The van der Waals surface area contributed by atoms with Crippen LogP contribution in [0.2, 0.25) is 0 Å². The molecule has 2 fully saturated rings. The van der Waals surface area contributed by atoms with Crippen molar-refractivity contribution in [2.45, 2.75) is 44.6 Å². The van der Waals surface area contributed by atoms with E-state index in [-0.39, 0.29) is 5.91 Å². The number of hydrogen-bond acceptors (Lipinski definition) is 4. The smallest absolute Gasteiger partial charge is 0.272 e. The van der Waals surface area contributed by atoms with Crippen LogP contribution in [-0.4, -0.2) is 53.9 Å². The number of carbonyl (C=O) groups is 1. The highest BCUT2D eigenvalue weighted by Crippen LogP contribution is 2.41. The molecule has 1 aromatic heterocycles. The predicted octanol–water partition coefficient (Wildman–Crippen LogP) is 1.05. The molecule has 2 aliphatic rings. The van der Waals surface area contributed by atoms with E-state index in [1.54, 1.807) is 17.8 Å². The number of amides is 1. The first kappa shape index (κ1) is 17.4. The van der Waals surface area contributed by atoms with Crippen molar-refractivity contribution < 1.29 is 13.2 Å². The Morgan fingerprint density at radius 1 is 1.38 bits per heavy atom. The molecule has 1 saturated heterocycles. The summed E-state index contributed by atoms with van der Waals surface area (Å²) in [6.45, 7) is 3.00. The number of carbonyl (C=O) groups excluding carboxylic acids is 1. The van der Waals surface area contributed by atoms with Gasteiger partial charge >= 0.3 is 0 Å². The second-order valence-corrected chi connectivity index (χ2v) is 9.14. The summed E-state index contributed by atoms with van der Waals surface area (Å²) in [7, 11) is -1.49. The van der Waals surface area contributed by atoms with E-state index in [0.29, 0.717) is 37.5 Å². The van der Waals surface area contributed by atoms with Crippen molar-refractivity contribution in [3.8, 4) is 0 Å². The largest absolute Gasteiger partial charge is 0.337 e. The number of sulfonamides is 1. The van der Waals surface area contributed by atoms with Gasteiger partial charge in [-0.1, -0.05) is 12.8 Å². The Morgan fingerprint density at radius 2 is 2.00 bits per heavy atom. The molecule has 134 valence electrons. The average molecular weight is 354 g/mol. The van der Waals surface area contributed by atoms with Gasteiger partial charge in [-0.25, -0.2) is 13.1 Å². The van der Waals surface area contributed by atoms with E-state index in [1.807, 2.05) is 11.8 Å². The molecule has 1 aliphatic heterocycles. The summed E-state index contributed by atoms with van der Waals surface area (Å²) in [5, 5.41) is 4.23. The highest BCUT2D eigenvalue weighted by Gasteiger charge is 2.42. The minimum absolute atomic E-state index is 0.0301. The van der Waals surface area contributed by atoms with Gasteiger partial charge < -0.3 is 4.90 Å². The first-order valence-electron chi connectivity index (χ1n) is 8.46. The maximum absolute atomic E-state index is 12.7. The number of aromatic nitrogens is 2. The molecule has 0 atom stereocenters. The van der Waals surface area contributed by atoms with Crippen LogP contribution in [0, 0.1) is 12.8 Å². The van der Waals surface area contributed by atoms with Gasteiger partial charge in [-0.15, -0.1) is 0 Å². The SMILES string of the molecule is Cc1cc(C(=O)N2CCC(CC3CC3)(NS(C)(=O)=O)CC2)n(C)n1. The third-order valence-electron chi connectivity index (χ3n) is 5.01. The summed E-state index contributed by atoms with van der Waals surface area (Å²) < 4.78 is 28.1. The Bertz CT molecular complexity index is 729. The highest BCUT2D eigenvalue weighted by atomic mass is 32.2. The molecule has 1 N–H and O–H groups in total. The maximum Gasteiger partial charge on any atom is 0.272 e. The van der Waals surface area contributed by atoms with Crippen LogP contribution in [0.25, 0.3) is 0 Å². The van der Waals surface area contributed by atoms with Crippen LogP contribution < -0.4 is 4.72 Å². The monoisotopic (exact) mass is 354 g/mol. The van der Waals surface area contributed by atoms with Gasteiger partial charge in [0.05, 0.1) is 11.9 Å². The van der Waals surface area contributed by atoms with Crippen LogP contribution in [0.4, 0.5) is 0 Å². The fraction of sp³-hybridized carbons (Fsp3) is 0.750. The number of likely N-dealkylation sites (tertiary alicyclic amines) is 1. The number of nitrogens with zero attached hydrogens (tertiary/aromatic N) is 3. The van der Waals surface area contributed by atoms with Gasteiger partial charge in [0.1, 0.15) is 5.69 Å².